The van der Waals surface area contributed by atoms with E-state index in [1.807, 2.05) is 0 Å². The summed E-state index contributed by atoms with van der Waals surface area (Å²) in [6.07, 6.45) is 1.11. The summed E-state index contributed by atoms with van der Waals surface area (Å²) in [5, 5.41) is 19.9. The number of amides is 2. The van der Waals surface area contributed by atoms with Crippen LogP contribution in [-0.2, 0) is 9.59 Å². The Morgan fingerprint density at radius 3 is 2.10 bits per heavy atom. The maximum Gasteiger partial charge on any atom is 0.326 e. The molecule has 0 saturated carbocycles. The molecule has 7 heteroatoms. The lowest BCUT2D eigenvalue weighted by atomic mass is 9.75. The highest BCUT2D eigenvalue weighted by molar-refractivity contribution is 5.86. The fourth-order valence-corrected chi connectivity index (χ4v) is 2.56. The lowest BCUT2D eigenvalue weighted by Crippen LogP contribution is -2.51. The van der Waals surface area contributed by atoms with E-state index in [2.05, 4.69) is 26.1 Å². The van der Waals surface area contributed by atoms with Crippen molar-refractivity contribution in [2.75, 3.05) is 13.1 Å². The van der Waals surface area contributed by atoms with Crippen molar-refractivity contribution in [2.24, 2.45) is 11.3 Å². The van der Waals surface area contributed by atoms with Gasteiger partial charge >= 0.3 is 18.0 Å². The maximum atomic E-state index is 12.0. The number of hydrogen-bond acceptors (Lipinski definition) is 3. The average molecular weight is 300 g/mol. The summed E-state index contributed by atoms with van der Waals surface area (Å²) in [4.78, 5) is 35.1. The average Bonchev–Trinajstić information content (AvgIpc) is 2.36. The van der Waals surface area contributed by atoms with Crippen molar-refractivity contribution in [1.29, 1.82) is 0 Å². The molecule has 1 rings (SSSR count). The Labute approximate surface area is 124 Å². The molecule has 0 aromatic carbocycles. The van der Waals surface area contributed by atoms with E-state index >= 15 is 0 Å². The molecule has 1 aliphatic rings. The largest absolute Gasteiger partial charge is 0.481 e. The van der Waals surface area contributed by atoms with Crippen molar-refractivity contribution in [3.63, 3.8) is 0 Å². The number of urea groups is 1. The molecular formula is C14H24N2O5. The normalized spacial score (nSPS) is 18.1. The smallest absolute Gasteiger partial charge is 0.326 e. The summed E-state index contributed by atoms with van der Waals surface area (Å²) in [6, 6.07) is -1.90. The molecule has 21 heavy (non-hydrogen) atoms. The zero-order chi connectivity index (χ0) is 16.2. The lowest BCUT2D eigenvalue weighted by molar-refractivity contribution is -0.145. The Kier molecular flexibility index (Phi) is 5.57. The fourth-order valence-electron chi connectivity index (χ4n) is 2.56. The highest BCUT2D eigenvalue weighted by atomic mass is 16.4. The van der Waals surface area contributed by atoms with Crippen LogP contribution in [0, 0.1) is 11.3 Å². The molecule has 1 aliphatic heterocycles. The molecule has 1 saturated heterocycles. The fraction of sp³-hybridized carbons (Fsp3) is 0.786. The topological polar surface area (TPSA) is 107 Å². The molecule has 3 N–H and O–H groups in total. The number of hydrogen-bond donors (Lipinski definition) is 3. The van der Waals surface area contributed by atoms with Gasteiger partial charge in [-0.3, -0.25) is 4.79 Å². The molecule has 120 valence electrons. The zero-order valence-electron chi connectivity index (χ0n) is 12.8. The predicted molar refractivity (Wildman–Crippen MR) is 76.0 cm³/mol. The van der Waals surface area contributed by atoms with Gasteiger partial charge in [-0.05, 0) is 24.2 Å². The molecule has 1 unspecified atom stereocenters. The quantitative estimate of drug-likeness (QED) is 0.727. The minimum Gasteiger partial charge on any atom is -0.481 e. The van der Waals surface area contributed by atoms with E-state index in [4.69, 9.17) is 10.2 Å². The SMILES string of the molecule is CC(C)(C)C1CCN(C(=O)NC(CC(=O)O)C(=O)O)CC1. The van der Waals surface area contributed by atoms with Gasteiger partial charge in [-0.2, -0.15) is 0 Å². The first-order valence-electron chi connectivity index (χ1n) is 7.11. The number of carbonyl (C=O) groups excluding carboxylic acids is 1. The van der Waals surface area contributed by atoms with Crippen LogP contribution in [0.25, 0.3) is 0 Å². The first kappa shape index (κ1) is 17.3. The van der Waals surface area contributed by atoms with Gasteiger partial charge < -0.3 is 20.4 Å². The first-order valence-corrected chi connectivity index (χ1v) is 7.11. The summed E-state index contributed by atoms with van der Waals surface area (Å²) >= 11 is 0. The van der Waals surface area contributed by atoms with Gasteiger partial charge in [-0.25, -0.2) is 9.59 Å². The van der Waals surface area contributed by atoms with Crippen LogP contribution < -0.4 is 5.32 Å². The third-order valence-electron chi connectivity index (χ3n) is 3.98. The number of piperidine rings is 1. The Morgan fingerprint density at radius 1 is 1.19 bits per heavy atom. The van der Waals surface area contributed by atoms with E-state index in [9.17, 15) is 14.4 Å². The summed E-state index contributed by atoms with van der Waals surface area (Å²) in [6.45, 7) is 7.63. The summed E-state index contributed by atoms with van der Waals surface area (Å²) < 4.78 is 0. The van der Waals surface area contributed by atoms with E-state index in [1.54, 1.807) is 4.90 Å². The highest BCUT2D eigenvalue weighted by Gasteiger charge is 2.32. The van der Waals surface area contributed by atoms with Gasteiger partial charge in [-0.15, -0.1) is 0 Å². The van der Waals surface area contributed by atoms with Gasteiger partial charge in [0.25, 0.3) is 0 Å². The molecule has 7 nitrogen and oxygen atoms in total. The highest BCUT2D eigenvalue weighted by Crippen LogP contribution is 2.34. The second-order valence-corrected chi connectivity index (χ2v) is 6.57. The van der Waals surface area contributed by atoms with Gasteiger partial charge in [0.15, 0.2) is 0 Å². The van der Waals surface area contributed by atoms with Crippen molar-refractivity contribution in [1.82, 2.24) is 10.2 Å². The van der Waals surface area contributed by atoms with Crippen LogP contribution in [0.1, 0.15) is 40.0 Å². The molecule has 1 heterocycles. The number of likely N-dealkylation sites (tertiary alicyclic amines) is 1. The molecule has 0 aromatic rings. The van der Waals surface area contributed by atoms with Crippen LogP contribution >= 0.6 is 0 Å². The molecule has 0 bridgehead atoms. The minimum absolute atomic E-state index is 0.190. The number of nitrogens with zero attached hydrogens (tertiary/aromatic N) is 1. The second-order valence-electron chi connectivity index (χ2n) is 6.57. The van der Waals surface area contributed by atoms with Crippen molar-refractivity contribution < 1.29 is 24.6 Å². The van der Waals surface area contributed by atoms with E-state index in [1.165, 1.54) is 0 Å². The van der Waals surface area contributed by atoms with Crippen LogP contribution in [0.2, 0.25) is 0 Å². The number of carboxylic acid groups (broad SMARTS) is 2. The van der Waals surface area contributed by atoms with E-state index in [0.717, 1.165) is 12.8 Å². The first-order chi connectivity index (χ1) is 9.61. The van der Waals surface area contributed by atoms with Crippen LogP contribution in [0.3, 0.4) is 0 Å². The lowest BCUT2D eigenvalue weighted by Gasteiger charge is -2.38. The molecule has 0 aromatic heterocycles. The summed E-state index contributed by atoms with van der Waals surface area (Å²) in [7, 11) is 0. The number of aliphatic carboxylic acids is 2. The van der Waals surface area contributed by atoms with Crippen LogP contribution in [0.15, 0.2) is 0 Å². The van der Waals surface area contributed by atoms with Crippen molar-refractivity contribution in [3.05, 3.63) is 0 Å². The van der Waals surface area contributed by atoms with Gasteiger partial charge in [-0.1, -0.05) is 20.8 Å². The Hall–Kier alpha value is -1.79. The van der Waals surface area contributed by atoms with Crippen LogP contribution in [0.5, 0.6) is 0 Å². The second kappa shape index (κ2) is 6.78. The molecule has 1 fully saturated rings. The van der Waals surface area contributed by atoms with Crippen molar-refractivity contribution >= 4 is 18.0 Å². The standard InChI is InChI=1S/C14H24N2O5/c1-14(2,3)9-4-6-16(7-5-9)13(21)15-10(12(19)20)8-11(17)18/h9-10H,4-8H2,1-3H3,(H,15,21)(H,17,18)(H,19,20). The van der Waals surface area contributed by atoms with Crippen molar-refractivity contribution in [2.45, 2.75) is 46.1 Å². The summed E-state index contributed by atoms with van der Waals surface area (Å²) in [5.74, 6) is -2.07. The number of carbonyl (C=O) groups is 3. The van der Waals surface area contributed by atoms with E-state index in [-0.39, 0.29) is 5.41 Å². The number of nitrogens with one attached hydrogen (secondary N) is 1. The van der Waals surface area contributed by atoms with Crippen molar-refractivity contribution in [3.8, 4) is 0 Å². The zero-order valence-corrected chi connectivity index (χ0v) is 12.8. The van der Waals surface area contributed by atoms with Gasteiger partial charge in [0.1, 0.15) is 6.04 Å². The van der Waals surface area contributed by atoms with Crippen LogP contribution in [0.4, 0.5) is 4.79 Å². The Morgan fingerprint density at radius 2 is 1.71 bits per heavy atom. The maximum absolute atomic E-state index is 12.0. The minimum atomic E-state index is -1.39. The van der Waals surface area contributed by atoms with Gasteiger partial charge in [0.2, 0.25) is 0 Å². The predicted octanol–water partition coefficient (Wildman–Crippen LogP) is 1.38. The third-order valence-corrected chi connectivity index (χ3v) is 3.98. The molecule has 1 atom stereocenters. The van der Waals surface area contributed by atoms with Crippen LogP contribution in [-0.4, -0.2) is 52.2 Å². The number of rotatable bonds is 4. The molecule has 2 amide bonds. The summed E-state index contributed by atoms with van der Waals surface area (Å²) in [5.41, 5.74) is 0.190. The Balaban J connectivity index is 2.53. The molecule has 0 radical (unpaired) electrons. The monoisotopic (exact) mass is 300 g/mol. The van der Waals surface area contributed by atoms with Gasteiger partial charge in [0, 0.05) is 13.1 Å². The molecular weight excluding hydrogens is 276 g/mol. The molecule has 0 aliphatic carbocycles. The van der Waals surface area contributed by atoms with E-state index in [0.29, 0.717) is 19.0 Å². The van der Waals surface area contributed by atoms with E-state index < -0.39 is 30.4 Å². The molecule has 0 spiro atoms. The number of carboxylic acids is 2. The van der Waals surface area contributed by atoms with Gasteiger partial charge in [0.05, 0.1) is 6.42 Å². The Bertz CT molecular complexity index is 408. The third kappa shape index (κ3) is 5.24.